The zero-order valence-electron chi connectivity index (χ0n) is 11.4. The van der Waals surface area contributed by atoms with Gasteiger partial charge in [-0.3, -0.25) is 0 Å². The highest BCUT2D eigenvalue weighted by Gasteiger charge is 2.11. The van der Waals surface area contributed by atoms with Crippen LogP contribution in [0.2, 0.25) is 5.15 Å². The summed E-state index contributed by atoms with van der Waals surface area (Å²) >= 11 is 6.12. The summed E-state index contributed by atoms with van der Waals surface area (Å²) in [5.41, 5.74) is 2.84. The summed E-state index contributed by atoms with van der Waals surface area (Å²) in [6, 6.07) is 7.89. The molecule has 2 rings (SSSR count). The standard InChI is InChI=1S/C15H17ClN2O/c1-4-13-14(17-9-18-15(13)16)11-6-5-7-12(8-11)19-10(2)3/h5-10H,4H2,1-3H3. The molecule has 0 fully saturated rings. The van der Waals surface area contributed by atoms with E-state index in [0.717, 1.165) is 29.0 Å². The summed E-state index contributed by atoms with van der Waals surface area (Å²) in [6.45, 7) is 6.06. The molecule has 2 aromatic rings. The minimum absolute atomic E-state index is 0.148. The van der Waals surface area contributed by atoms with E-state index in [-0.39, 0.29) is 6.10 Å². The molecule has 100 valence electrons. The number of hydrogen-bond acceptors (Lipinski definition) is 3. The molecule has 1 aromatic heterocycles. The Morgan fingerprint density at radius 3 is 2.74 bits per heavy atom. The number of ether oxygens (including phenoxy) is 1. The predicted molar refractivity (Wildman–Crippen MR) is 77.6 cm³/mol. The third-order valence-corrected chi connectivity index (χ3v) is 3.05. The molecule has 0 radical (unpaired) electrons. The maximum absolute atomic E-state index is 6.12. The Kier molecular flexibility index (Phi) is 4.38. The van der Waals surface area contributed by atoms with Gasteiger partial charge >= 0.3 is 0 Å². The first-order chi connectivity index (χ1) is 9.11. The van der Waals surface area contributed by atoms with Gasteiger partial charge in [0.1, 0.15) is 17.2 Å². The summed E-state index contributed by atoms with van der Waals surface area (Å²) < 4.78 is 5.70. The van der Waals surface area contributed by atoms with Crippen molar-refractivity contribution in [3.63, 3.8) is 0 Å². The molecule has 0 atom stereocenters. The number of rotatable bonds is 4. The lowest BCUT2D eigenvalue weighted by Gasteiger charge is -2.12. The quantitative estimate of drug-likeness (QED) is 0.787. The fourth-order valence-corrected chi connectivity index (χ4v) is 2.21. The molecule has 0 spiro atoms. The molecule has 0 saturated heterocycles. The van der Waals surface area contributed by atoms with Crippen molar-refractivity contribution in [2.45, 2.75) is 33.3 Å². The molecule has 0 amide bonds. The molecule has 0 N–H and O–H groups in total. The van der Waals surface area contributed by atoms with E-state index in [0.29, 0.717) is 5.15 Å². The Hall–Kier alpha value is -1.61. The Morgan fingerprint density at radius 2 is 2.05 bits per heavy atom. The molecule has 0 aliphatic carbocycles. The highest BCUT2D eigenvalue weighted by atomic mass is 35.5. The van der Waals surface area contributed by atoms with Crippen LogP contribution in [-0.4, -0.2) is 16.1 Å². The number of aromatic nitrogens is 2. The largest absolute Gasteiger partial charge is 0.491 e. The van der Waals surface area contributed by atoms with E-state index >= 15 is 0 Å². The molecular weight excluding hydrogens is 260 g/mol. The van der Waals surface area contributed by atoms with Crippen molar-refractivity contribution in [1.29, 1.82) is 0 Å². The lowest BCUT2D eigenvalue weighted by atomic mass is 10.1. The normalized spacial score (nSPS) is 10.8. The molecule has 0 saturated carbocycles. The van der Waals surface area contributed by atoms with Gasteiger partial charge in [-0.2, -0.15) is 0 Å². The maximum atomic E-state index is 6.12. The molecule has 4 heteroatoms. The highest BCUT2D eigenvalue weighted by Crippen LogP contribution is 2.28. The maximum Gasteiger partial charge on any atom is 0.136 e. The second-order valence-corrected chi connectivity index (χ2v) is 4.90. The summed E-state index contributed by atoms with van der Waals surface area (Å²) in [4.78, 5) is 8.38. The first kappa shape index (κ1) is 13.8. The van der Waals surface area contributed by atoms with Crippen LogP contribution in [0, 0.1) is 0 Å². The molecule has 3 nitrogen and oxygen atoms in total. The van der Waals surface area contributed by atoms with Crippen LogP contribution in [0.5, 0.6) is 5.75 Å². The van der Waals surface area contributed by atoms with Crippen molar-refractivity contribution in [2.75, 3.05) is 0 Å². The van der Waals surface area contributed by atoms with Crippen LogP contribution in [-0.2, 0) is 6.42 Å². The summed E-state index contributed by atoms with van der Waals surface area (Å²) in [5, 5.41) is 0.516. The summed E-state index contributed by atoms with van der Waals surface area (Å²) in [7, 11) is 0. The van der Waals surface area contributed by atoms with Crippen molar-refractivity contribution < 1.29 is 4.74 Å². The van der Waals surface area contributed by atoms with Gasteiger partial charge in [-0.15, -0.1) is 0 Å². The Labute approximate surface area is 118 Å². The zero-order chi connectivity index (χ0) is 13.8. The van der Waals surface area contributed by atoms with E-state index in [1.54, 1.807) is 0 Å². The average molecular weight is 277 g/mol. The van der Waals surface area contributed by atoms with Crippen LogP contribution >= 0.6 is 11.6 Å². The second-order valence-electron chi connectivity index (χ2n) is 4.54. The molecule has 0 aliphatic rings. The second kappa shape index (κ2) is 6.02. The molecule has 0 bridgehead atoms. The van der Waals surface area contributed by atoms with Gasteiger partial charge in [0.15, 0.2) is 0 Å². The predicted octanol–water partition coefficient (Wildman–Crippen LogP) is 4.15. The van der Waals surface area contributed by atoms with Crippen LogP contribution in [0.1, 0.15) is 26.3 Å². The molecule has 1 heterocycles. The van der Waals surface area contributed by atoms with E-state index in [1.165, 1.54) is 6.33 Å². The minimum atomic E-state index is 0.148. The Morgan fingerprint density at radius 1 is 1.26 bits per heavy atom. The van der Waals surface area contributed by atoms with Crippen LogP contribution in [0.4, 0.5) is 0 Å². The molecule has 19 heavy (non-hydrogen) atoms. The van der Waals surface area contributed by atoms with Crippen LogP contribution < -0.4 is 4.74 Å². The smallest absolute Gasteiger partial charge is 0.136 e. The van der Waals surface area contributed by atoms with Crippen molar-refractivity contribution >= 4 is 11.6 Å². The monoisotopic (exact) mass is 276 g/mol. The van der Waals surface area contributed by atoms with Crippen LogP contribution in [0.3, 0.4) is 0 Å². The fraction of sp³-hybridized carbons (Fsp3) is 0.333. The summed E-state index contributed by atoms with van der Waals surface area (Å²) in [6.07, 6.45) is 2.44. The van der Waals surface area contributed by atoms with E-state index in [4.69, 9.17) is 16.3 Å². The number of halogens is 1. The third kappa shape index (κ3) is 3.24. The van der Waals surface area contributed by atoms with Gasteiger partial charge in [0.25, 0.3) is 0 Å². The lowest BCUT2D eigenvalue weighted by molar-refractivity contribution is 0.242. The van der Waals surface area contributed by atoms with Crippen LogP contribution in [0.25, 0.3) is 11.3 Å². The van der Waals surface area contributed by atoms with Crippen LogP contribution in [0.15, 0.2) is 30.6 Å². The molecular formula is C15H17ClN2O. The van der Waals surface area contributed by atoms with Crippen molar-refractivity contribution in [3.05, 3.63) is 41.3 Å². The Bertz CT molecular complexity index is 570. The molecule has 1 aromatic carbocycles. The van der Waals surface area contributed by atoms with Gasteiger partial charge in [0, 0.05) is 11.1 Å². The first-order valence-corrected chi connectivity index (χ1v) is 6.76. The summed E-state index contributed by atoms with van der Waals surface area (Å²) in [5.74, 6) is 0.837. The van der Waals surface area contributed by atoms with E-state index in [1.807, 2.05) is 45.0 Å². The third-order valence-electron chi connectivity index (χ3n) is 2.73. The van der Waals surface area contributed by atoms with Gasteiger partial charge in [-0.1, -0.05) is 30.7 Å². The topological polar surface area (TPSA) is 35.0 Å². The fourth-order valence-electron chi connectivity index (χ4n) is 1.94. The van der Waals surface area contributed by atoms with Crippen molar-refractivity contribution in [3.8, 4) is 17.0 Å². The van der Waals surface area contributed by atoms with Gasteiger partial charge < -0.3 is 4.74 Å². The molecule has 0 unspecified atom stereocenters. The molecule has 0 aliphatic heterocycles. The first-order valence-electron chi connectivity index (χ1n) is 6.38. The van der Waals surface area contributed by atoms with E-state index < -0.39 is 0 Å². The number of hydrogen-bond donors (Lipinski definition) is 0. The zero-order valence-corrected chi connectivity index (χ0v) is 12.1. The Balaban J connectivity index is 2.44. The van der Waals surface area contributed by atoms with Crippen molar-refractivity contribution in [2.24, 2.45) is 0 Å². The van der Waals surface area contributed by atoms with E-state index in [2.05, 4.69) is 9.97 Å². The SMILES string of the molecule is CCc1c(Cl)ncnc1-c1cccc(OC(C)C)c1. The van der Waals surface area contributed by atoms with Gasteiger partial charge in [0.05, 0.1) is 11.8 Å². The van der Waals surface area contributed by atoms with Gasteiger partial charge in [0.2, 0.25) is 0 Å². The van der Waals surface area contributed by atoms with Gasteiger partial charge in [-0.25, -0.2) is 9.97 Å². The average Bonchev–Trinajstić information content (AvgIpc) is 2.38. The van der Waals surface area contributed by atoms with Gasteiger partial charge in [-0.05, 0) is 32.4 Å². The lowest BCUT2D eigenvalue weighted by Crippen LogP contribution is -2.05. The minimum Gasteiger partial charge on any atom is -0.491 e. The highest BCUT2D eigenvalue weighted by molar-refractivity contribution is 6.30. The number of benzene rings is 1. The number of nitrogens with zero attached hydrogens (tertiary/aromatic N) is 2. The van der Waals surface area contributed by atoms with E-state index in [9.17, 15) is 0 Å². The van der Waals surface area contributed by atoms with Crippen molar-refractivity contribution in [1.82, 2.24) is 9.97 Å².